The van der Waals surface area contributed by atoms with Gasteiger partial charge in [-0.3, -0.25) is 15.0 Å². The first-order valence-electron chi connectivity index (χ1n) is 2.11. The van der Waals surface area contributed by atoms with Crippen LogP contribution in [0, 0.1) is 0 Å². The van der Waals surface area contributed by atoms with E-state index in [1.807, 2.05) is 0 Å². The molecule has 1 aromatic heterocycles. The Morgan fingerprint density at radius 1 is 0.636 bits per heavy atom. The van der Waals surface area contributed by atoms with Gasteiger partial charge in [0.25, 0.3) is 0 Å². The monoisotopic (exact) mass is 177 g/mol. The van der Waals surface area contributed by atoms with Crippen LogP contribution in [0.4, 0.5) is 0 Å². The SMILES string of the molecule is O=c1[nH]c(=O)[nH]c(=O)[nH]1.[NaH].[NaH]. The summed E-state index contributed by atoms with van der Waals surface area (Å²) in [5.41, 5.74) is -2.41. The molecule has 1 heterocycles. The molecule has 6 nitrogen and oxygen atoms in total. The molecule has 0 aliphatic heterocycles. The van der Waals surface area contributed by atoms with Crippen LogP contribution in [-0.4, -0.2) is 74.1 Å². The number of H-pyrrole nitrogens is 3. The molecule has 0 aliphatic carbocycles. The fourth-order valence-corrected chi connectivity index (χ4v) is 0.403. The Morgan fingerprint density at radius 2 is 0.818 bits per heavy atom. The number of hydrogen-bond donors (Lipinski definition) is 3. The molecule has 3 N–H and O–H groups in total. The van der Waals surface area contributed by atoms with Crippen LogP contribution in [0.2, 0.25) is 0 Å². The van der Waals surface area contributed by atoms with E-state index in [0.717, 1.165) is 0 Å². The summed E-state index contributed by atoms with van der Waals surface area (Å²) in [6.45, 7) is 0. The molecule has 0 fully saturated rings. The molecule has 8 heteroatoms. The van der Waals surface area contributed by atoms with E-state index in [1.54, 1.807) is 15.0 Å². The maximum absolute atomic E-state index is 10.2. The quantitative estimate of drug-likeness (QED) is 0.358. The molecule has 1 aromatic rings. The van der Waals surface area contributed by atoms with E-state index in [1.165, 1.54) is 0 Å². The number of nitrogens with one attached hydrogen (secondary N) is 3. The molecule has 0 amide bonds. The van der Waals surface area contributed by atoms with Crippen LogP contribution in [0.25, 0.3) is 0 Å². The first-order chi connectivity index (χ1) is 4.18. The Balaban J connectivity index is 0. The van der Waals surface area contributed by atoms with Crippen molar-refractivity contribution in [1.82, 2.24) is 15.0 Å². The van der Waals surface area contributed by atoms with Crippen molar-refractivity contribution in [2.75, 3.05) is 0 Å². The molecule has 0 atom stereocenters. The Morgan fingerprint density at radius 3 is 1.00 bits per heavy atom. The average molecular weight is 177 g/mol. The van der Waals surface area contributed by atoms with Crippen molar-refractivity contribution in [3.63, 3.8) is 0 Å². The van der Waals surface area contributed by atoms with E-state index in [2.05, 4.69) is 0 Å². The van der Waals surface area contributed by atoms with E-state index in [4.69, 9.17) is 0 Å². The number of aromatic amines is 3. The van der Waals surface area contributed by atoms with Crippen LogP contribution in [0.15, 0.2) is 14.4 Å². The minimum atomic E-state index is -0.802. The summed E-state index contributed by atoms with van der Waals surface area (Å²) in [6, 6.07) is 0. The molecule has 0 radical (unpaired) electrons. The first kappa shape index (κ1) is 14.0. The summed E-state index contributed by atoms with van der Waals surface area (Å²) >= 11 is 0. The van der Waals surface area contributed by atoms with Crippen molar-refractivity contribution >= 4 is 59.1 Å². The Bertz CT molecular complexity index is 284. The Hall–Kier alpha value is 0.410. The van der Waals surface area contributed by atoms with Crippen molar-refractivity contribution in [2.45, 2.75) is 0 Å². The van der Waals surface area contributed by atoms with Gasteiger partial charge in [0.2, 0.25) is 0 Å². The third kappa shape index (κ3) is 4.78. The second-order valence-corrected chi connectivity index (χ2v) is 1.36. The van der Waals surface area contributed by atoms with Gasteiger partial charge in [-0.15, -0.1) is 0 Å². The Kier molecular flexibility index (Phi) is 7.60. The molecule has 1 rings (SSSR count). The number of aromatic nitrogens is 3. The summed E-state index contributed by atoms with van der Waals surface area (Å²) in [4.78, 5) is 35.9. The number of hydrogen-bond acceptors (Lipinski definition) is 3. The summed E-state index contributed by atoms with van der Waals surface area (Å²) in [5.74, 6) is 0. The van der Waals surface area contributed by atoms with Gasteiger partial charge in [0.05, 0.1) is 0 Å². The second-order valence-electron chi connectivity index (χ2n) is 1.36. The summed E-state index contributed by atoms with van der Waals surface area (Å²) in [5, 5.41) is 0. The minimum absolute atomic E-state index is 0. The standard InChI is InChI=1S/C3H3N3O3.2Na.2H/c7-1-4-2(8)6-3(9)5-1;;;;/h(H3,4,5,6,7,8,9);;;;. The number of rotatable bonds is 0. The van der Waals surface area contributed by atoms with E-state index in [9.17, 15) is 14.4 Å². The van der Waals surface area contributed by atoms with Gasteiger partial charge in [-0.25, -0.2) is 14.4 Å². The summed E-state index contributed by atoms with van der Waals surface area (Å²) in [7, 11) is 0. The molecule has 0 aliphatic rings. The third-order valence-corrected chi connectivity index (χ3v) is 0.681. The molecule has 52 valence electrons. The van der Waals surface area contributed by atoms with Crippen molar-refractivity contribution in [2.24, 2.45) is 0 Å². The fourth-order valence-electron chi connectivity index (χ4n) is 0.403. The normalized spacial score (nSPS) is 7.64. The van der Waals surface area contributed by atoms with Crippen LogP contribution in [0.5, 0.6) is 0 Å². The molecular formula is C3H5N3Na2O3. The zero-order chi connectivity index (χ0) is 6.85. The molecule has 0 saturated heterocycles. The van der Waals surface area contributed by atoms with Crippen LogP contribution >= 0.6 is 0 Å². The molecule has 11 heavy (non-hydrogen) atoms. The molecule has 0 saturated carbocycles. The zero-order valence-electron chi connectivity index (χ0n) is 4.22. The van der Waals surface area contributed by atoms with Gasteiger partial charge in [-0.1, -0.05) is 0 Å². The fraction of sp³-hybridized carbons (Fsp3) is 0. The van der Waals surface area contributed by atoms with Crippen LogP contribution in [-0.2, 0) is 0 Å². The first-order valence-corrected chi connectivity index (χ1v) is 2.11. The van der Waals surface area contributed by atoms with Crippen LogP contribution in [0.3, 0.4) is 0 Å². The topological polar surface area (TPSA) is 98.6 Å². The van der Waals surface area contributed by atoms with E-state index in [0.29, 0.717) is 0 Å². The molecule has 0 spiro atoms. The van der Waals surface area contributed by atoms with Gasteiger partial charge in [-0.2, -0.15) is 0 Å². The molecular weight excluding hydrogens is 172 g/mol. The maximum atomic E-state index is 10.2. The van der Waals surface area contributed by atoms with Crippen molar-refractivity contribution < 1.29 is 0 Å². The van der Waals surface area contributed by atoms with Gasteiger partial charge in [0, 0.05) is 0 Å². The Labute approximate surface area is 104 Å². The van der Waals surface area contributed by atoms with Gasteiger partial charge in [-0.05, 0) is 0 Å². The van der Waals surface area contributed by atoms with Gasteiger partial charge < -0.3 is 0 Å². The van der Waals surface area contributed by atoms with Crippen LogP contribution in [0.1, 0.15) is 0 Å². The zero-order valence-corrected chi connectivity index (χ0v) is 4.22. The van der Waals surface area contributed by atoms with Crippen molar-refractivity contribution in [1.29, 1.82) is 0 Å². The van der Waals surface area contributed by atoms with Gasteiger partial charge >= 0.3 is 76.2 Å². The van der Waals surface area contributed by atoms with Crippen LogP contribution < -0.4 is 17.1 Å². The summed E-state index contributed by atoms with van der Waals surface area (Å²) < 4.78 is 0. The average Bonchev–Trinajstić information content (AvgIpc) is 1.59. The molecule has 0 bridgehead atoms. The van der Waals surface area contributed by atoms with E-state index < -0.39 is 17.1 Å². The van der Waals surface area contributed by atoms with Crippen molar-refractivity contribution in [3.05, 3.63) is 31.5 Å². The van der Waals surface area contributed by atoms with Gasteiger partial charge in [0.15, 0.2) is 0 Å². The molecule has 0 aromatic carbocycles. The molecule has 0 unspecified atom stereocenters. The third-order valence-electron chi connectivity index (χ3n) is 0.681. The van der Waals surface area contributed by atoms with Crippen molar-refractivity contribution in [3.8, 4) is 0 Å². The predicted octanol–water partition coefficient (Wildman–Crippen LogP) is -3.55. The van der Waals surface area contributed by atoms with E-state index in [-0.39, 0.29) is 59.1 Å². The second kappa shape index (κ2) is 5.99. The van der Waals surface area contributed by atoms with E-state index >= 15 is 0 Å². The summed E-state index contributed by atoms with van der Waals surface area (Å²) in [6.07, 6.45) is 0. The predicted molar refractivity (Wildman–Crippen MR) is 42.6 cm³/mol. The van der Waals surface area contributed by atoms with Gasteiger partial charge in [0.1, 0.15) is 0 Å².